The predicted molar refractivity (Wildman–Crippen MR) is 135 cm³/mol. The number of ketones is 1. The molecule has 7 nitrogen and oxygen atoms in total. The van der Waals surface area contributed by atoms with Gasteiger partial charge in [0.25, 0.3) is 5.92 Å². The highest BCUT2D eigenvalue weighted by Crippen LogP contribution is 2.68. The van der Waals surface area contributed by atoms with Crippen LogP contribution in [0.2, 0.25) is 0 Å². The monoisotopic (exact) mass is 668 g/mol. The summed E-state index contributed by atoms with van der Waals surface area (Å²) < 4.78 is 124. The van der Waals surface area contributed by atoms with E-state index in [0.717, 1.165) is 24.6 Å². The molecule has 3 aromatic rings. The van der Waals surface area contributed by atoms with Gasteiger partial charge in [0, 0.05) is 34.4 Å². The molecule has 1 saturated carbocycles. The molecule has 0 bridgehead atoms. The first-order valence-corrected chi connectivity index (χ1v) is 14.8. The number of carbonyl (C=O) groups excluding carboxylic acids is 1. The molecule has 220 valence electrons. The fourth-order valence-electron chi connectivity index (χ4n) is 5.40. The summed E-state index contributed by atoms with van der Waals surface area (Å²) in [6.07, 6.45) is -3.68. The van der Waals surface area contributed by atoms with Gasteiger partial charge in [0.2, 0.25) is 10.0 Å². The third-order valence-corrected chi connectivity index (χ3v) is 8.21. The van der Waals surface area contributed by atoms with Gasteiger partial charge in [-0.3, -0.25) is 19.2 Å². The van der Waals surface area contributed by atoms with Crippen LogP contribution in [0.1, 0.15) is 52.9 Å². The van der Waals surface area contributed by atoms with Crippen LogP contribution in [0.15, 0.2) is 34.9 Å². The lowest BCUT2D eigenvalue weighted by Gasteiger charge is -2.19. The normalized spacial score (nSPS) is 19.9. The van der Waals surface area contributed by atoms with Crippen LogP contribution in [0, 0.1) is 17.6 Å². The van der Waals surface area contributed by atoms with Crippen LogP contribution in [0.4, 0.5) is 36.4 Å². The van der Waals surface area contributed by atoms with E-state index in [2.05, 4.69) is 30.7 Å². The first-order valence-electron chi connectivity index (χ1n) is 12.1. The van der Waals surface area contributed by atoms with E-state index in [-0.39, 0.29) is 34.3 Å². The molecule has 3 atom stereocenters. The third kappa shape index (κ3) is 5.98. The van der Waals surface area contributed by atoms with E-state index in [1.54, 1.807) is 0 Å². The van der Waals surface area contributed by atoms with Gasteiger partial charge in [0.05, 0.1) is 23.8 Å². The Labute approximate surface area is 237 Å². The van der Waals surface area contributed by atoms with Crippen molar-refractivity contribution in [3.63, 3.8) is 0 Å². The van der Waals surface area contributed by atoms with Crippen LogP contribution < -0.4 is 4.72 Å². The summed E-state index contributed by atoms with van der Waals surface area (Å²) in [5.41, 5.74) is -2.58. The number of pyridine rings is 1. The van der Waals surface area contributed by atoms with E-state index in [1.165, 1.54) is 6.07 Å². The molecular formula is C25H20BrF7N4O3S. The van der Waals surface area contributed by atoms with Gasteiger partial charge in [-0.25, -0.2) is 17.2 Å². The second-order valence-corrected chi connectivity index (χ2v) is 12.8. The van der Waals surface area contributed by atoms with E-state index >= 15 is 0 Å². The van der Waals surface area contributed by atoms with E-state index < -0.39 is 87.2 Å². The van der Waals surface area contributed by atoms with Crippen molar-refractivity contribution in [3.8, 4) is 0 Å². The lowest BCUT2D eigenvalue weighted by Crippen LogP contribution is -2.24. The van der Waals surface area contributed by atoms with Crippen molar-refractivity contribution < 1.29 is 43.9 Å². The molecule has 0 amide bonds. The molecule has 2 heterocycles. The maximum absolute atomic E-state index is 14.9. The number of fused-ring (bicyclic) bond motifs is 3. The molecule has 5 rings (SSSR count). The van der Waals surface area contributed by atoms with Gasteiger partial charge in [-0.05, 0) is 58.5 Å². The summed E-state index contributed by atoms with van der Waals surface area (Å²) in [7, 11) is -3.66. The summed E-state index contributed by atoms with van der Waals surface area (Å²) in [6, 6.07) is 4.04. The number of nitrogens with one attached hydrogen (secondary N) is 1. The summed E-state index contributed by atoms with van der Waals surface area (Å²) in [5.74, 6) is -9.33. The van der Waals surface area contributed by atoms with Crippen molar-refractivity contribution in [1.29, 1.82) is 0 Å². The van der Waals surface area contributed by atoms with Crippen LogP contribution in [0.5, 0.6) is 0 Å². The fraction of sp³-hybridized carbons (Fsp3) is 0.400. The Morgan fingerprint density at radius 3 is 2.44 bits per heavy atom. The minimum absolute atomic E-state index is 0.0672. The Morgan fingerprint density at radius 1 is 1.20 bits per heavy atom. The number of anilines is 1. The van der Waals surface area contributed by atoms with E-state index in [4.69, 9.17) is 0 Å². The SMILES string of the molecule is CS(=O)(=O)Nc1cnc([C@@H](CC(=O)Cn2nc(C(F)(F)F)c3c2C(F)(F)[C@@H]2C[C@H]32)Cc2cc(F)cc(F)c2)c(Br)c1. The number of rotatable bonds is 9. The molecule has 1 N–H and O–H groups in total. The number of nitrogens with zero attached hydrogens (tertiary/aromatic N) is 3. The Bertz CT molecular complexity index is 1640. The number of hydrogen-bond acceptors (Lipinski definition) is 5. The second kappa shape index (κ2) is 10.1. The first kappa shape index (κ1) is 29.5. The number of benzene rings is 1. The molecule has 16 heteroatoms. The Kier molecular flexibility index (Phi) is 7.24. The summed E-state index contributed by atoms with van der Waals surface area (Å²) in [6.45, 7) is -0.896. The van der Waals surface area contributed by atoms with Crippen molar-refractivity contribution in [3.05, 3.63) is 74.8 Å². The van der Waals surface area contributed by atoms with Gasteiger partial charge in [0.1, 0.15) is 23.9 Å². The molecule has 1 aromatic carbocycles. The molecule has 0 aliphatic heterocycles. The number of hydrogen-bond donors (Lipinski definition) is 1. The molecular weight excluding hydrogens is 649 g/mol. The zero-order valence-corrected chi connectivity index (χ0v) is 23.3. The number of alkyl halides is 5. The fourth-order valence-corrected chi connectivity index (χ4v) is 6.61. The molecule has 0 spiro atoms. The number of aromatic nitrogens is 3. The van der Waals surface area contributed by atoms with Gasteiger partial charge >= 0.3 is 6.18 Å². The van der Waals surface area contributed by atoms with E-state index in [0.29, 0.717) is 10.7 Å². The number of sulfonamides is 1. The van der Waals surface area contributed by atoms with Crippen LogP contribution in [-0.2, 0) is 39.9 Å². The topological polar surface area (TPSA) is 94.0 Å². The highest BCUT2D eigenvalue weighted by molar-refractivity contribution is 9.10. The quantitative estimate of drug-likeness (QED) is 0.287. The second-order valence-electron chi connectivity index (χ2n) is 10.2. The van der Waals surface area contributed by atoms with Gasteiger partial charge in [-0.1, -0.05) is 0 Å². The van der Waals surface area contributed by atoms with Crippen molar-refractivity contribution in [2.45, 2.75) is 49.7 Å². The van der Waals surface area contributed by atoms with Crippen molar-refractivity contribution in [1.82, 2.24) is 14.8 Å². The van der Waals surface area contributed by atoms with E-state index in [9.17, 15) is 43.9 Å². The Balaban J connectivity index is 1.46. The van der Waals surface area contributed by atoms with Crippen LogP contribution in [0.3, 0.4) is 0 Å². The molecule has 0 saturated heterocycles. The number of halogens is 8. The largest absolute Gasteiger partial charge is 0.435 e. The molecule has 2 aliphatic rings. The smallest absolute Gasteiger partial charge is 0.298 e. The highest BCUT2D eigenvalue weighted by Gasteiger charge is 2.68. The molecule has 0 unspecified atom stereocenters. The average Bonchev–Trinajstić information content (AvgIpc) is 3.45. The predicted octanol–water partition coefficient (Wildman–Crippen LogP) is 5.90. The maximum Gasteiger partial charge on any atom is 0.435 e. The molecule has 41 heavy (non-hydrogen) atoms. The Morgan fingerprint density at radius 2 is 1.85 bits per heavy atom. The van der Waals surface area contributed by atoms with Crippen molar-refractivity contribution in [2.24, 2.45) is 5.92 Å². The lowest BCUT2D eigenvalue weighted by molar-refractivity contribution is -0.142. The third-order valence-electron chi connectivity index (χ3n) is 6.96. The van der Waals surface area contributed by atoms with Crippen molar-refractivity contribution in [2.75, 3.05) is 11.0 Å². The number of carbonyl (C=O) groups is 1. The zero-order chi connectivity index (χ0) is 30.1. The van der Waals surface area contributed by atoms with Crippen LogP contribution in [0.25, 0.3) is 0 Å². The molecule has 0 radical (unpaired) electrons. The van der Waals surface area contributed by atoms with Gasteiger partial charge in [-0.15, -0.1) is 0 Å². The number of Topliss-reactive ketones (excluding diaryl/α,β-unsaturated/α-hetero) is 1. The minimum atomic E-state index is -4.99. The summed E-state index contributed by atoms with van der Waals surface area (Å²) >= 11 is 3.25. The van der Waals surface area contributed by atoms with Crippen molar-refractivity contribution >= 4 is 37.4 Å². The molecule has 1 fully saturated rings. The summed E-state index contributed by atoms with van der Waals surface area (Å²) in [5, 5.41) is 3.37. The average molecular weight is 669 g/mol. The lowest BCUT2D eigenvalue weighted by atomic mass is 9.90. The highest BCUT2D eigenvalue weighted by atomic mass is 79.9. The Hall–Kier alpha value is -3.01. The van der Waals surface area contributed by atoms with E-state index in [1.807, 2.05) is 0 Å². The summed E-state index contributed by atoms with van der Waals surface area (Å²) in [4.78, 5) is 17.4. The minimum Gasteiger partial charge on any atom is -0.298 e. The standard InChI is InChI=1S/C25H20BrF7N4O3S/c1-41(39,40)36-15-7-19(26)21(34-9-15)12(2-11-3-13(27)6-14(28)4-11)5-16(38)10-37-23-20(22(35-37)25(31,32)33)17-8-18(17)24(23,29)30/h3-4,6-7,9,12,17-18,36H,2,5,8,10H2,1H3/t12-,17+,18-/m1/s1. The molecule has 2 aliphatic carbocycles. The van der Waals surface area contributed by atoms with Gasteiger partial charge < -0.3 is 0 Å². The zero-order valence-electron chi connectivity index (χ0n) is 20.9. The van der Waals surface area contributed by atoms with Crippen LogP contribution >= 0.6 is 15.9 Å². The molecule has 2 aromatic heterocycles. The van der Waals surface area contributed by atoms with Gasteiger partial charge in [0.15, 0.2) is 11.5 Å². The first-order chi connectivity index (χ1) is 18.9. The van der Waals surface area contributed by atoms with Gasteiger partial charge in [-0.2, -0.15) is 27.1 Å². The van der Waals surface area contributed by atoms with Crippen LogP contribution in [-0.4, -0.2) is 35.2 Å². The maximum atomic E-state index is 14.9.